The SMILES string of the molecule is COc1ccc(CCC(=O)NCCc2cn3cccc(OC)c3n2)cc1OC. The third kappa shape index (κ3) is 4.54. The molecule has 7 nitrogen and oxygen atoms in total. The van der Waals surface area contributed by atoms with Crippen molar-refractivity contribution in [2.45, 2.75) is 19.3 Å². The van der Waals surface area contributed by atoms with Crippen molar-refractivity contribution in [3.8, 4) is 17.2 Å². The van der Waals surface area contributed by atoms with Gasteiger partial charge in [0.05, 0.1) is 27.0 Å². The Morgan fingerprint density at radius 1 is 1.04 bits per heavy atom. The van der Waals surface area contributed by atoms with E-state index in [1.54, 1.807) is 21.3 Å². The van der Waals surface area contributed by atoms with Gasteiger partial charge in [-0.05, 0) is 36.2 Å². The number of fused-ring (bicyclic) bond motifs is 1. The monoisotopic (exact) mass is 383 g/mol. The van der Waals surface area contributed by atoms with Crippen molar-refractivity contribution in [1.82, 2.24) is 14.7 Å². The number of imidazole rings is 1. The number of benzene rings is 1. The molecule has 0 radical (unpaired) electrons. The van der Waals surface area contributed by atoms with E-state index in [0.717, 1.165) is 22.7 Å². The largest absolute Gasteiger partial charge is 0.493 e. The van der Waals surface area contributed by atoms with Crippen molar-refractivity contribution in [1.29, 1.82) is 0 Å². The average Bonchev–Trinajstić information content (AvgIpc) is 3.14. The fraction of sp³-hybridized carbons (Fsp3) is 0.333. The van der Waals surface area contributed by atoms with Gasteiger partial charge in [-0.1, -0.05) is 6.07 Å². The molecule has 28 heavy (non-hydrogen) atoms. The Kier molecular flexibility index (Phi) is 6.37. The van der Waals surface area contributed by atoms with E-state index in [0.29, 0.717) is 37.3 Å². The highest BCUT2D eigenvalue weighted by atomic mass is 16.5. The van der Waals surface area contributed by atoms with Crippen LogP contribution in [0.25, 0.3) is 5.65 Å². The van der Waals surface area contributed by atoms with Crippen LogP contribution in [0.2, 0.25) is 0 Å². The number of pyridine rings is 1. The minimum Gasteiger partial charge on any atom is -0.493 e. The van der Waals surface area contributed by atoms with Crippen molar-refractivity contribution in [3.63, 3.8) is 0 Å². The summed E-state index contributed by atoms with van der Waals surface area (Å²) in [6, 6.07) is 9.48. The van der Waals surface area contributed by atoms with Crippen LogP contribution >= 0.6 is 0 Å². The van der Waals surface area contributed by atoms with Gasteiger partial charge in [0.1, 0.15) is 0 Å². The Bertz CT molecular complexity index is 952. The first-order valence-corrected chi connectivity index (χ1v) is 9.12. The minimum absolute atomic E-state index is 0.0103. The molecule has 0 bridgehead atoms. The third-order valence-corrected chi connectivity index (χ3v) is 4.51. The van der Waals surface area contributed by atoms with Gasteiger partial charge >= 0.3 is 0 Å². The van der Waals surface area contributed by atoms with E-state index in [4.69, 9.17) is 14.2 Å². The molecule has 0 aliphatic rings. The molecule has 1 aromatic carbocycles. The topological polar surface area (TPSA) is 74.1 Å². The van der Waals surface area contributed by atoms with Gasteiger partial charge in [0.2, 0.25) is 5.91 Å². The second-order valence-corrected chi connectivity index (χ2v) is 6.33. The van der Waals surface area contributed by atoms with Crippen LogP contribution in [0.1, 0.15) is 17.7 Å². The number of aromatic nitrogens is 2. The van der Waals surface area contributed by atoms with E-state index in [1.807, 2.05) is 47.1 Å². The molecule has 1 amide bonds. The van der Waals surface area contributed by atoms with Crippen LogP contribution < -0.4 is 19.5 Å². The van der Waals surface area contributed by atoms with Gasteiger partial charge in [-0.15, -0.1) is 0 Å². The Labute approximate surface area is 164 Å². The molecule has 7 heteroatoms. The number of ether oxygens (including phenoxy) is 3. The number of hydrogen-bond donors (Lipinski definition) is 1. The first kappa shape index (κ1) is 19.5. The Morgan fingerprint density at radius 3 is 2.57 bits per heavy atom. The average molecular weight is 383 g/mol. The minimum atomic E-state index is 0.0103. The lowest BCUT2D eigenvalue weighted by Gasteiger charge is -2.09. The van der Waals surface area contributed by atoms with Crippen molar-refractivity contribution < 1.29 is 19.0 Å². The molecule has 0 fully saturated rings. The van der Waals surface area contributed by atoms with Gasteiger partial charge in [-0.2, -0.15) is 0 Å². The number of aryl methyl sites for hydroxylation is 1. The van der Waals surface area contributed by atoms with Crippen LogP contribution in [-0.4, -0.2) is 43.2 Å². The summed E-state index contributed by atoms with van der Waals surface area (Å²) in [5.74, 6) is 2.09. The molecule has 0 unspecified atom stereocenters. The highest BCUT2D eigenvalue weighted by molar-refractivity contribution is 5.76. The molecule has 2 aromatic heterocycles. The second-order valence-electron chi connectivity index (χ2n) is 6.33. The highest BCUT2D eigenvalue weighted by Crippen LogP contribution is 2.27. The fourth-order valence-corrected chi connectivity index (χ4v) is 3.03. The third-order valence-electron chi connectivity index (χ3n) is 4.51. The first-order valence-electron chi connectivity index (χ1n) is 9.12. The van der Waals surface area contributed by atoms with E-state index in [9.17, 15) is 4.79 Å². The summed E-state index contributed by atoms with van der Waals surface area (Å²) in [5.41, 5.74) is 2.71. The van der Waals surface area contributed by atoms with Gasteiger partial charge in [0.25, 0.3) is 0 Å². The van der Waals surface area contributed by atoms with Crippen LogP contribution in [0.15, 0.2) is 42.7 Å². The molecule has 0 spiro atoms. The number of rotatable bonds is 9. The molecule has 2 heterocycles. The molecule has 0 atom stereocenters. The normalized spacial score (nSPS) is 10.7. The fourth-order valence-electron chi connectivity index (χ4n) is 3.03. The van der Waals surface area contributed by atoms with Crippen molar-refractivity contribution >= 4 is 11.6 Å². The van der Waals surface area contributed by atoms with Crippen molar-refractivity contribution in [2.24, 2.45) is 0 Å². The first-order chi connectivity index (χ1) is 13.6. The summed E-state index contributed by atoms with van der Waals surface area (Å²) in [4.78, 5) is 16.7. The van der Waals surface area contributed by atoms with E-state index in [-0.39, 0.29) is 5.91 Å². The standard InChI is InChI=1S/C21H25N3O4/c1-26-17-8-6-15(13-19(17)28-3)7-9-20(25)22-11-10-16-14-24-12-4-5-18(27-2)21(24)23-16/h4-6,8,12-14H,7,9-11H2,1-3H3,(H,22,25). The van der Waals surface area contributed by atoms with E-state index in [1.165, 1.54) is 0 Å². The zero-order chi connectivity index (χ0) is 19.9. The number of nitrogens with zero attached hydrogens (tertiary/aromatic N) is 2. The number of hydrogen-bond acceptors (Lipinski definition) is 5. The molecule has 148 valence electrons. The summed E-state index contributed by atoms with van der Waals surface area (Å²) in [7, 11) is 4.83. The second kappa shape index (κ2) is 9.12. The number of methoxy groups -OCH3 is 3. The Morgan fingerprint density at radius 2 is 1.82 bits per heavy atom. The lowest BCUT2D eigenvalue weighted by atomic mass is 10.1. The zero-order valence-corrected chi connectivity index (χ0v) is 16.4. The quantitative estimate of drug-likeness (QED) is 0.615. The zero-order valence-electron chi connectivity index (χ0n) is 16.4. The lowest BCUT2D eigenvalue weighted by Crippen LogP contribution is -2.25. The van der Waals surface area contributed by atoms with E-state index < -0.39 is 0 Å². The molecule has 0 aliphatic carbocycles. The van der Waals surface area contributed by atoms with Crippen LogP contribution in [0.4, 0.5) is 0 Å². The molecular weight excluding hydrogens is 358 g/mol. The van der Waals surface area contributed by atoms with Crippen LogP contribution in [0.3, 0.4) is 0 Å². The van der Waals surface area contributed by atoms with Crippen molar-refractivity contribution in [2.75, 3.05) is 27.9 Å². The van der Waals surface area contributed by atoms with E-state index >= 15 is 0 Å². The molecule has 1 N–H and O–H groups in total. The number of amides is 1. The maximum Gasteiger partial charge on any atom is 0.220 e. The summed E-state index contributed by atoms with van der Waals surface area (Å²) >= 11 is 0. The van der Waals surface area contributed by atoms with Crippen LogP contribution in [0, 0.1) is 0 Å². The summed E-state index contributed by atoms with van der Waals surface area (Å²) < 4.78 is 17.8. The van der Waals surface area contributed by atoms with Gasteiger partial charge in [0.15, 0.2) is 22.9 Å². The molecule has 3 aromatic rings. The number of carbonyl (C=O) groups is 1. The van der Waals surface area contributed by atoms with Crippen molar-refractivity contribution in [3.05, 3.63) is 54.0 Å². The predicted octanol–water partition coefficient (Wildman–Crippen LogP) is 2.65. The summed E-state index contributed by atoms with van der Waals surface area (Å²) in [5, 5.41) is 2.95. The molecule has 0 saturated heterocycles. The van der Waals surface area contributed by atoms with Gasteiger partial charge in [-0.3, -0.25) is 4.79 Å². The Balaban J connectivity index is 1.48. The highest BCUT2D eigenvalue weighted by Gasteiger charge is 2.09. The van der Waals surface area contributed by atoms with E-state index in [2.05, 4.69) is 10.3 Å². The predicted molar refractivity (Wildman–Crippen MR) is 106 cm³/mol. The maximum absolute atomic E-state index is 12.1. The van der Waals surface area contributed by atoms with Crippen LogP contribution in [-0.2, 0) is 17.6 Å². The molecule has 0 saturated carbocycles. The van der Waals surface area contributed by atoms with Gasteiger partial charge in [-0.25, -0.2) is 4.98 Å². The van der Waals surface area contributed by atoms with Gasteiger partial charge < -0.3 is 23.9 Å². The molecule has 0 aliphatic heterocycles. The Hall–Kier alpha value is -3.22. The molecule has 3 rings (SSSR count). The smallest absolute Gasteiger partial charge is 0.220 e. The summed E-state index contributed by atoms with van der Waals surface area (Å²) in [6.45, 7) is 0.539. The van der Waals surface area contributed by atoms with Crippen LogP contribution in [0.5, 0.6) is 17.2 Å². The molecular formula is C21H25N3O4. The number of carbonyl (C=O) groups excluding carboxylic acids is 1. The number of nitrogens with one attached hydrogen (secondary N) is 1. The summed E-state index contributed by atoms with van der Waals surface area (Å²) in [6.07, 6.45) is 5.59. The lowest BCUT2D eigenvalue weighted by molar-refractivity contribution is -0.121. The van der Waals surface area contributed by atoms with Gasteiger partial charge in [0, 0.05) is 31.8 Å². The maximum atomic E-state index is 12.1.